The molecule has 0 saturated heterocycles. The molecule has 1 atom stereocenters. The van der Waals surface area contributed by atoms with Crippen LogP contribution in [0, 0.1) is 0 Å². The van der Waals surface area contributed by atoms with Crippen LogP contribution in [0.1, 0.15) is 0 Å². The van der Waals surface area contributed by atoms with E-state index in [2.05, 4.69) is 207 Å². The smallest absolute Gasteiger partial charge is 0.0624 e. The Kier molecular flexibility index (Phi) is 7.16. The largest absolute Gasteiger partial charge is 0.146 e. The minimum atomic E-state index is -2.47. The van der Waals surface area contributed by atoms with Gasteiger partial charge in [0.15, 0.2) is 0 Å². The van der Waals surface area contributed by atoms with Crippen LogP contribution in [0.5, 0.6) is 0 Å². The molecule has 0 heterocycles. The number of hydrogen-bond acceptors (Lipinski definition) is 0. The molecule has 1 unspecified atom stereocenters. The first-order valence-corrected chi connectivity index (χ1v) is 20.7. The molecule has 0 N–H and O–H groups in total. The first-order valence-electron chi connectivity index (χ1n) is 18.2. The van der Waals surface area contributed by atoms with Gasteiger partial charge >= 0.3 is 0 Å². The summed E-state index contributed by atoms with van der Waals surface area (Å²) in [5, 5.41) is 17.1. The molecule has 0 radical (unpaired) electrons. The maximum atomic E-state index is 2.54. The molecule has 10 rings (SSSR count). The van der Waals surface area contributed by atoms with E-state index < -0.39 is 8.07 Å². The molecule has 1 heteroatoms. The third-order valence-electron chi connectivity index (χ3n) is 11.4. The van der Waals surface area contributed by atoms with Crippen molar-refractivity contribution in [1.82, 2.24) is 0 Å². The van der Waals surface area contributed by atoms with Crippen molar-refractivity contribution >= 4 is 77.5 Å². The van der Waals surface area contributed by atoms with Gasteiger partial charge in [-0.05, 0) is 97.7 Å². The molecule has 0 aliphatic rings. The van der Waals surface area contributed by atoms with Crippen molar-refractivity contribution in [2.24, 2.45) is 0 Å². The summed E-state index contributed by atoms with van der Waals surface area (Å²) >= 11 is 0. The summed E-state index contributed by atoms with van der Waals surface area (Å²) in [5.74, 6) is 0. The van der Waals surface area contributed by atoms with E-state index in [9.17, 15) is 0 Å². The molecule has 0 nitrogen and oxygen atoms in total. The molecule has 0 spiro atoms. The lowest BCUT2D eigenvalue weighted by Gasteiger charge is -2.31. The van der Waals surface area contributed by atoms with Crippen molar-refractivity contribution in [3.8, 4) is 22.3 Å². The van der Waals surface area contributed by atoms with Gasteiger partial charge in [-0.1, -0.05) is 201 Å². The predicted molar refractivity (Wildman–Crippen MR) is 228 cm³/mol. The van der Waals surface area contributed by atoms with Gasteiger partial charge in [0.05, 0.1) is 0 Å². The van der Waals surface area contributed by atoms with Crippen molar-refractivity contribution in [3.05, 3.63) is 200 Å². The molecule has 0 aliphatic heterocycles. The maximum Gasteiger partial charge on any atom is 0.146 e. The van der Waals surface area contributed by atoms with E-state index in [1.807, 2.05) is 0 Å². The van der Waals surface area contributed by atoms with Crippen LogP contribution in [0.25, 0.3) is 76.1 Å². The molecule has 0 aliphatic carbocycles. The lowest BCUT2D eigenvalue weighted by Crippen LogP contribution is -2.64. The summed E-state index contributed by atoms with van der Waals surface area (Å²) in [6.45, 7) is 2.54. The Bertz CT molecular complexity index is 2920. The lowest BCUT2D eigenvalue weighted by atomic mass is 9.84. The van der Waals surface area contributed by atoms with E-state index in [1.165, 1.54) is 91.7 Å². The normalized spacial score (nSPS) is 12.9. The highest BCUT2D eigenvalue weighted by atomic mass is 28.3. The van der Waals surface area contributed by atoms with E-state index in [-0.39, 0.29) is 0 Å². The molecule has 52 heavy (non-hydrogen) atoms. The van der Waals surface area contributed by atoms with Gasteiger partial charge in [-0.15, -0.1) is 0 Å². The second-order valence-corrected chi connectivity index (χ2v) is 18.1. The number of hydrogen-bond donors (Lipinski definition) is 0. The third kappa shape index (κ3) is 4.74. The summed E-state index contributed by atoms with van der Waals surface area (Å²) in [6, 6.07) is 74.7. The molecule has 0 aromatic heterocycles. The number of rotatable bonds is 5. The Morgan fingerprint density at radius 1 is 0.308 bits per heavy atom. The van der Waals surface area contributed by atoms with Gasteiger partial charge in [0.1, 0.15) is 8.07 Å². The van der Waals surface area contributed by atoms with E-state index in [0.29, 0.717) is 0 Å². The fraction of sp³-hybridized carbons (Fsp3) is 0.0196. The molecule has 0 bridgehead atoms. The number of benzene rings is 10. The van der Waals surface area contributed by atoms with Gasteiger partial charge in [0.25, 0.3) is 0 Å². The molecular formula is C51H36Si. The van der Waals surface area contributed by atoms with Crippen molar-refractivity contribution in [2.45, 2.75) is 6.55 Å². The van der Waals surface area contributed by atoms with Crippen LogP contribution in [0.2, 0.25) is 6.55 Å². The maximum absolute atomic E-state index is 2.54. The quantitative estimate of drug-likeness (QED) is 0.0967. The highest BCUT2D eigenvalue weighted by molar-refractivity contribution is 7.11. The molecule has 0 amide bonds. The van der Waals surface area contributed by atoms with Gasteiger partial charge in [-0.25, -0.2) is 0 Å². The Morgan fingerprint density at radius 3 is 1.48 bits per heavy atom. The Balaban J connectivity index is 1.26. The van der Waals surface area contributed by atoms with Gasteiger partial charge in [0.2, 0.25) is 0 Å². The van der Waals surface area contributed by atoms with Crippen molar-refractivity contribution in [1.29, 1.82) is 0 Å². The average Bonchev–Trinajstić information content (AvgIpc) is 3.22. The SMILES string of the molecule is C[Si](c1ccccc1)(c1ccc2ccccc2c1)c1cccc2c(-c3c4ccccc4c(-c4ccc5ccccc5c4)c4ccccc34)cccc12. The van der Waals surface area contributed by atoms with Crippen LogP contribution in [-0.4, -0.2) is 8.07 Å². The Hall–Kier alpha value is -6.28. The van der Waals surface area contributed by atoms with Gasteiger partial charge in [-0.2, -0.15) is 0 Å². The minimum Gasteiger partial charge on any atom is -0.0624 e. The van der Waals surface area contributed by atoms with Crippen molar-refractivity contribution in [3.63, 3.8) is 0 Å². The topological polar surface area (TPSA) is 0 Å². The molecule has 10 aromatic carbocycles. The standard InChI is InChI=1S/C51H36Si/c1-52(40-19-3-2-4-20-40,41-32-31-36-16-6-8-18-38(36)34-41)49-28-14-25-42-43(49)26-13-27-44(42)51-47-23-11-9-21-45(47)50(46-22-10-12-24-48(46)51)39-30-29-35-15-5-7-17-37(35)33-39/h2-34H,1H3. The zero-order valence-electron chi connectivity index (χ0n) is 29.1. The second-order valence-electron chi connectivity index (χ2n) is 14.2. The summed E-state index contributed by atoms with van der Waals surface area (Å²) in [4.78, 5) is 0. The van der Waals surface area contributed by atoms with Gasteiger partial charge < -0.3 is 0 Å². The highest BCUT2D eigenvalue weighted by Crippen LogP contribution is 2.45. The van der Waals surface area contributed by atoms with Crippen molar-refractivity contribution < 1.29 is 0 Å². The van der Waals surface area contributed by atoms with Crippen LogP contribution >= 0.6 is 0 Å². The predicted octanol–water partition coefficient (Wildman–Crippen LogP) is 11.9. The average molecular weight is 677 g/mol. The van der Waals surface area contributed by atoms with Crippen LogP contribution in [0.4, 0.5) is 0 Å². The fourth-order valence-corrected chi connectivity index (χ4v) is 12.6. The summed E-state index contributed by atoms with van der Waals surface area (Å²) in [7, 11) is -2.47. The molecule has 244 valence electrons. The highest BCUT2D eigenvalue weighted by Gasteiger charge is 2.36. The van der Waals surface area contributed by atoms with E-state index >= 15 is 0 Å². The van der Waals surface area contributed by atoms with Gasteiger partial charge in [-0.3, -0.25) is 0 Å². The first-order chi connectivity index (χ1) is 25.7. The third-order valence-corrected chi connectivity index (χ3v) is 15.8. The molecule has 0 fully saturated rings. The van der Waals surface area contributed by atoms with Crippen LogP contribution < -0.4 is 15.6 Å². The van der Waals surface area contributed by atoms with Crippen LogP contribution in [0.15, 0.2) is 200 Å². The van der Waals surface area contributed by atoms with Crippen molar-refractivity contribution in [2.75, 3.05) is 0 Å². The molecule has 0 saturated carbocycles. The van der Waals surface area contributed by atoms with Crippen LogP contribution in [0.3, 0.4) is 0 Å². The van der Waals surface area contributed by atoms with Gasteiger partial charge in [0, 0.05) is 0 Å². The Labute approximate surface area is 305 Å². The molecular weight excluding hydrogens is 641 g/mol. The van der Waals surface area contributed by atoms with E-state index in [4.69, 9.17) is 0 Å². The minimum absolute atomic E-state index is 1.25. The number of fused-ring (bicyclic) bond motifs is 5. The van der Waals surface area contributed by atoms with Crippen LogP contribution in [-0.2, 0) is 0 Å². The second kappa shape index (κ2) is 12.2. The Morgan fingerprint density at radius 2 is 0.808 bits per heavy atom. The fourth-order valence-electron chi connectivity index (χ4n) is 8.79. The summed E-state index contributed by atoms with van der Waals surface area (Å²) in [6.07, 6.45) is 0. The summed E-state index contributed by atoms with van der Waals surface area (Å²) < 4.78 is 0. The molecule has 10 aromatic rings. The zero-order chi connectivity index (χ0) is 34.6. The summed E-state index contributed by atoms with van der Waals surface area (Å²) in [5.41, 5.74) is 5.12. The first kappa shape index (κ1) is 30.5. The monoisotopic (exact) mass is 676 g/mol. The van der Waals surface area contributed by atoms with E-state index in [0.717, 1.165) is 0 Å². The lowest BCUT2D eigenvalue weighted by molar-refractivity contribution is 1.68. The zero-order valence-corrected chi connectivity index (χ0v) is 30.1. The van der Waals surface area contributed by atoms with E-state index in [1.54, 1.807) is 0 Å².